The standard InChI is InChI=1S/C20H29FN4O3/c1-12(17(22)26)8-13(2)23-18(27)15-6-7-16(25-10-20(3,21)11-25)19(24-15)28-9-14-4-5-14/h6-7,12-14H,4-5,8-11H2,1-3H3,(H2,22,26)(H,23,27)/t12?,13-/m0/s1. The molecule has 0 radical (unpaired) electrons. The highest BCUT2D eigenvalue weighted by Crippen LogP contribution is 2.37. The van der Waals surface area contributed by atoms with Crippen molar-refractivity contribution in [2.45, 2.75) is 51.7 Å². The van der Waals surface area contributed by atoms with Gasteiger partial charge in [-0.05, 0) is 51.2 Å². The van der Waals surface area contributed by atoms with Crippen molar-refractivity contribution in [2.24, 2.45) is 17.6 Å². The molecule has 2 amide bonds. The number of ether oxygens (including phenoxy) is 1. The highest BCUT2D eigenvalue weighted by atomic mass is 19.1. The van der Waals surface area contributed by atoms with Crippen LogP contribution in [0.4, 0.5) is 10.1 Å². The number of primary amides is 1. The Kier molecular flexibility index (Phi) is 5.76. The Morgan fingerprint density at radius 2 is 2.07 bits per heavy atom. The minimum Gasteiger partial charge on any atom is -0.476 e. The number of halogens is 1. The largest absolute Gasteiger partial charge is 0.476 e. The normalized spacial score (nSPS) is 20.1. The van der Waals surface area contributed by atoms with E-state index in [4.69, 9.17) is 10.5 Å². The lowest BCUT2D eigenvalue weighted by Crippen LogP contribution is -2.57. The zero-order valence-electron chi connectivity index (χ0n) is 16.7. The number of hydrogen-bond donors (Lipinski definition) is 2. The Balaban J connectivity index is 1.69. The van der Waals surface area contributed by atoms with E-state index in [9.17, 15) is 14.0 Å². The number of rotatable bonds is 9. The molecule has 1 saturated carbocycles. The number of amides is 2. The maximum Gasteiger partial charge on any atom is 0.270 e. The number of alkyl halides is 1. The number of nitrogens with zero attached hydrogens (tertiary/aromatic N) is 2. The Morgan fingerprint density at radius 1 is 1.39 bits per heavy atom. The maximum absolute atomic E-state index is 13.9. The summed E-state index contributed by atoms with van der Waals surface area (Å²) in [5.41, 5.74) is 5.01. The van der Waals surface area contributed by atoms with Gasteiger partial charge in [-0.3, -0.25) is 9.59 Å². The van der Waals surface area contributed by atoms with Crippen LogP contribution >= 0.6 is 0 Å². The molecule has 1 unspecified atom stereocenters. The fourth-order valence-corrected chi connectivity index (χ4v) is 3.31. The number of pyridine rings is 1. The van der Waals surface area contributed by atoms with Crippen LogP contribution in [0.3, 0.4) is 0 Å². The summed E-state index contributed by atoms with van der Waals surface area (Å²) < 4.78 is 19.8. The number of carbonyl (C=O) groups is 2. The number of carbonyl (C=O) groups excluding carboxylic acids is 2. The van der Waals surface area contributed by atoms with E-state index in [2.05, 4.69) is 10.3 Å². The summed E-state index contributed by atoms with van der Waals surface area (Å²) in [5, 5.41) is 2.84. The summed E-state index contributed by atoms with van der Waals surface area (Å²) in [7, 11) is 0. The van der Waals surface area contributed by atoms with Gasteiger partial charge >= 0.3 is 0 Å². The van der Waals surface area contributed by atoms with Crippen molar-refractivity contribution >= 4 is 17.5 Å². The van der Waals surface area contributed by atoms with Gasteiger partial charge in [0.15, 0.2) is 0 Å². The van der Waals surface area contributed by atoms with Gasteiger partial charge in [-0.25, -0.2) is 9.37 Å². The smallest absolute Gasteiger partial charge is 0.270 e. The third-order valence-electron chi connectivity index (χ3n) is 5.18. The Bertz CT molecular complexity index is 743. The molecular formula is C20H29FN4O3. The average Bonchev–Trinajstić information content (AvgIpc) is 3.41. The summed E-state index contributed by atoms with van der Waals surface area (Å²) in [6, 6.07) is 3.15. The van der Waals surface area contributed by atoms with Gasteiger partial charge in [0.2, 0.25) is 11.8 Å². The second-order valence-corrected chi connectivity index (χ2v) is 8.46. The van der Waals surface area contributed by atoms with Gasteiger partial charge in [-0.1, -0.05) is 6.92 Å². The van der Waals surface area contributed by atoms with Gasteiger partial charge in [-0.2, -0.15) is 0 Å². The third-order valence-corrected chi connectivity index (χ3v) is 5.18. The second-order valence-electron chi connectivity index (χ2n) is 8.46. The number of aromatic nitrogens is 1. The molecule has 3 rings (SSSR count). The Hall–Kier alpha value is -2.38. The first kappa shape index (κ1) is 20.4. The van der Waals surface area contributed by atoms with Crippen LogP contribution in [0.25, 0.3) is 0 Å². The molecule has 2 heterocycles. The van der Waals surface area contributed by atoms with Crippen LogP contribution < -0.4 is 20.7 Å². The molecule has 28 heavy (non-hydrogen) atoms. The van der Waals surface area contributed by atoms with E-state index in [0.717, 1.165) is 12.8 Å². The first-order valence-electron chi connectivity index (χ1n) is 9.82. The molecule has 1 saturated heterocycles. The van der Waals surface area contributed by atoms with Gasteiger partial charge in [0.1, 0.15) is 17.1 Å². The average molecular weight is 392 g/mol. The summed E-state index contributed by atoms with van der Waals surface area (Å²) in [5.74, 6) is -0.164. The number of hydrogen-bond acceptors (Lipinski definition) is 5. The van der Waals surface area contributed by atoms with Gasteiger partial charge in [0, 0.05) is 12.0 Å². The molecule has 1 aliphatic carbocycles. The van der Waals surface area contributed by atoms with Crippen LogP contribution in [0.1, 0.15) is 50.5 Å². The van der Waals surface area contributed by atoms with Gasteiger partial charge < -0.3 is 20.7 Å². The van der Waals surface area contributed by atoms with Crippen LogP contribution in [0.15, 0.2) is 12.1 Å². The first-order chi connectivity index (χ1) is 13.1. The molecule has 2 fully saturated rings. The van der Waals surface area contributed by atoms with Gasteiger partial charge in [0.05, 0.1) is 19.7 Å². The number of nitrogens with two attached hydrogens (primary N) is 1. The maximum atomic E-state index is 13.9. The first-order valence-corrected chi connectivity index (χ1v) is 9.82. The summed E-state index contributed by atoms with van der Waals surface area (Å²) in [4.78, 5) is 30.0. The summed E-state index contributed by atoms with van der Waals surface area (Å²) in [6.45, 7) is 6.23. The van der Waals surface area contributed by atoms with Gasteiger partial charge in [-0.15, -0.1) is 0 Å². The minimum absolute atomic E-state index is 0.227. The Morgan fingerprint density at radius 3 is 2.64 bits per heavy atom. The SMILES string of the molecule is CC(C[C@H](C)NC(=O)c1ccc(N2CC(C)(F)C2)c(OCC2CC2)n1)C(N)=O. The van der Waals surface area contributed by atoms with E-state index in [1.807, 2.05) is 11.8 Å². The molecule has 1 aromatic rings. The van der Waals surface area contributed by atoms with E-state index in [1.54, 1.807) is 26.0 Å². The van der Waals surface area contributed by atoms with Crippen LogP contribution in [0.5, 0.6) is 5.88 Å². The van der Waals surface area contributed by atoms with Crippen molar-refractivity contribution in [3.05, 3.63) is 17.8 Å². The molecule has 154 valence electrons. The van der Waals surface area contributed by atoms with E-state index >= 15 is 0 Å². The number of nitrogens with one attached hydrogen (secondary N) is 1. The molecule has 0 aromatic carbocycles. The van der Waals surface area contributed by atoms with Crippen molar-refractivity contribution < 1.29 is 18.7 Å². The highest BCUT2D eigenvalue weighted by molar-refractivity contribution is 5.93. The van der Waals surface area contributed by atoms with Crippen LogP contribution in [-0.2, 0) is 4.79 Å². The number of anilines is 1. The quantitative estimate of drug-likeness (QED) is 0.670. The van der Waals surface area contributed by atoms with Crippen LogP contribution in [0.2, 0.25) is 0 Å². The van der Waals surface area contributed by atoms with Crippen LogP contribution in [-0.4, -0.2) is 48.2 Å². The molecule has 7 nitrogen and oxygen atoms in total. The van der Waals surface area contributed by atoms with Crippen LogP contribution in [0, 0.1) is 11.8 Å². The van der Waals surface area contributed by atoms with Crippen molar-refractivity contribution in [2.75, 3.05) is 24.6 Å². The molecule has 8 heteroatoms. The molecule has 0 bridgehead atoms. The van der Waals surface area contributed by atoms with Crippen molar-refractivity contribution in [1.82, 2.24) is 10.3 Å². The van der Waals surface area contributed by atoms with E-state index < -0.39 is 11.6 Å². The third kappa shape index (κ3) is 5.11. The minimum atomic E-state index is -1.21. The van der Waals surface area contributed by atoms with E-state index in [-0.39, 0.29) is 36.7 Å². The summed E-state index contributed by atoms with van der Waals surface area (Å²) in [6.07, 6.45) is 2.72. The van der Waals surface area contributed by atoms with Crippen molar-refractivity contribution in [3.63, 3.8) is 0 Å². The fraction of sp³-hybridized carbons (Fsp3) is 0.650. The lowest BCUT2D eigenvalue weighted by atomic mass is 9.98. The monoisotopic (exact) mass is 392 g/mol. The highest BCUT2D eigenvalue weighted by Gasteiger charge is 2.40. The van der Waals surface area contributed by atoms with Crippen molar-refractivity contribution in [3.8, 4) is 5.88 Å². The van der Waals surface area contributed by atoms with Crippen molar-refractivity contribution in [1.29, 1.82) is 0 Å². The lowest BCUT2D eigenvalue weighted by Gasteiger charge is -2.44. The molecule has 0 spiro atoms. The van der Waals surface area contributed by atoms with Gasteiger partial charge in [0.25, 0.3) is 5.91 Å². The fourth-order valence-electron chi connectivity index (χ4n) is 3.31. The zero-order chi connectivity index (χ0) is 20.5. The lowest BCUT2D eigenvalue weighted by molar-refractivity contribution is -0.121. The predicted molar refractivity (Wildman–Crippen MR) is 104 cm³/mol. The van der Waals surface area contributed by atoms with E-state index in [0.29, 0.717) is 30.5 Å². The molecular weight excluding hydrogens is 363 g/mol. The second kappa shape index (κ2) is 7.93. The zero-order valence-corrected chi connectivity index (χ0v) is 16.7. The topological polar surface area (TPSA) is 97.6 Å². The molecule has 3 N–H and O–H groups in total. The van der Waals surface area contributed by atoms with E-state index in [1.165, 1.54) is 0 Å². The molecule has 1 aliphatic heterocycles. The summed E-state index contributed by atoms with van der Waals surface area (Å²) >= 11 is 0. The molecule has 2 aliphatic rings. The Labute approximate surface area is 164 Å². The molecule has 1 aromatic heterocycles. The predicted octanol–water partition coefficient (Wildman–Crippen LogP) is 2.05. The molecule has 2 atom stereocenters.